The van der Waals surface area contributed by atoms with Crippen molar-refractivity contribution in [2.75, 3.05) is 0 Å². The standard InChI is InChI=1S/C24H16F6/c1-2-3-12-4-19(27)24(20(28)5-12)16-10-21(29)23(22(30)11-16)15-6-13-8-17(25)18(26)9-14(13)7-15/h4-6,8-11H,2-3,7H2,1H3. The summed E-state index contributed by atoms with van der Waals surface area (Å²) in [4.78, 5) is 0. The van der Waals surface area contributed by atoms with Crippen LogP contribution < -0.4 is 0 Å². The van der Waals surface area contributed by atoms with Gasteiger partial charge in [0.1, 0.15) is 23.3 Å². The molecule has 4 rings (SSSR count). The fourth-order valence-corrected chi connectivity index (χ4v) is 3.85. The minimum absolute atomic E-state index is 0.00809. The monoisotopic (exact) mass is 418 g/mol. The molecule has 0 saturated carbocycles. The number of fused-ring (bicyclic) bond motifs is 1. The number of aryl methyl sites for hydroxylation is 1. The van der Waals surface area contributed by atoms with E-state index in [1.807, 2.05) is 6.92 Å². The van der Waals surface area contributed by atoms with Crippen LogP contribution >= 0.6 is 0 Å². The zero-order chi connectivity index (χ0) is 21.6. The third kappa shape index (κ3) is 3.51. The summed E-state index contributed by atoms with van der Waals surface area (Å²) in [6.07, 6.45) is 2.56. The molecule has 3 aromatic carbocycles. The molecule has 6 heteroatoms. The zero-order valence-electron chi connectivity index (χ0n) is 15.9. The Labute approximate surface area is 169 Å². The van der Waals surface area contributed by atoms with Gasteiger partial charge in [-0.05, 0) is 77.1 Å². The van der Waals surface area contributed by atoms with Gasteiger partial charge < -0.3 is 0 Å². The first-order valence-electron chi connectivity index (χ1n) is 9.44. The Balaban J connectivity index is 1.75. The Kier molecular flexibility index (Phi) is 5.18. The van der Waals surface area contributed by atoms with E-state index in [1.165, 1.54) is 6.08 Å². The van der Waals surface area contributed by atoms with Crippen LogP contribution in [0.5, 0.6) is 0 Å². The van der Waals surface area contributed by atoms with Crippen LogP contribution in [0.1, 0.15) is 35.6 Å². The number of benzene rings is 3. The van der Waals surface area contributed by atoms with Crippen molar-refractivity contribution in [2.45, 2.75) is 26.2 Å². The number of allylic oxidation sites excluding steroid dienone is 1. The van der Waals surface area contributed by atoms with Gasteiger partial charge in [-0.1, -0.05) is 19.4 Å². The van der Waals surface area contributed by atoms with E-state index in [1.54, 1.807) is 0 Å². The van der Waals surface area contributed by atoms with Gasteiger partial charge in [0.25, 0.3) is 0 Å². The molecule has 0 saturated heterocycles. The predicted molar refractivity (Wildman–Crippen MR) is 104 cm³/mol. The maximum Gasteiger partial charge on any atom is 0.159 e. The second kappa shape index (κ2) is 7.67. The Bertz CT molecular complexity index is 1150. The van der Waals surface area contributed by atoms with E-state index in [9.17, 15) is 26.3 Å². The van der Waals surface area contributed by atoms with E-state index in [0.717, 1.165) is 36.4 Å². The van der Waals surface area contributed by atoms with Crippen molar-refractivity contribution >= 4 is 11.6 Å². The molecule has 0 fully saturated rings. The van der Waals surface area contributed by atoms with Crippen LogP contribution in [-0.4, -0.2) is 0 Å². The summed E-state index contributed by atoms with van der Waals surface area (Å²) >= 11 is 0. The Morgan fingerprint density at radius 1 is 0.667 bits per heavy atom. The van der Waals surface area contributed by atoms with E-state index in [2.05, 4.69) is 0 Å². The van der Waals surface area contributed by atoms with Crippen molar-refractivity contribution in [3.05, 3.63) is 93.6 Å². The Morgan fingerprint density at radius 2 is 1.23 bits per heavy atom. The van der Waals surface area contributed by atoms with Gasteiger partial charge in [-0.3, -0.25) is 0 Å². The minimum atomic E-state index is -1.06. The lowest BCUT2D eigenvalue weighted by molar-refractivity contribution is 0.507. The van der Waals surface area contributed by atoms with Crippen LogP contribution in [0.2, 0.25) is 0 Å². The molecule has 1 aliphatic rings. The fourth-order valence-electron chi connectivity index (χ4n) is 3.85. The molecule has 0 unspecified atom stereocenters. The van der Waals surface area contributed by atoms with Gasteiger partial charge in [-0.25, -0.2) is 26.3 Å². The van der Waals surface area contributed by atoms with Crippen molar-refractivity contribution in [1.82, 2.24) is 0 Å². The highest BCUT2D eigenvalue weighted by Crippen LogP contribution is 2.37. The third-order valence-corrected chi connectivity index (χ3v) is 5.19. The average Bonchev–Trinajstić information content (AvgIpc) is 3.03. The molecular weight excluding hydrogens is 402 g/mol. The van der Waals surface area contributed by atoms with Gasteiger partial charge >= 0.3 is 0 Å². The van der Waals surface area contributed by atoms with E-state index < -0.39 is 40.5 Å². The molecule has 154 valence electrons. The Morgan fingerprint density at radius 3 is 1.83 bits per heavy atom. The van der Waals surface area contributed by atoms with Crippen LogP contribution in [0.15, 0.2) is 36.4 Å². The van der Waals surface area contributed by atoms with Gasteiger partial charge in [-0.15, -0.1) is 0 Å². The summed E-state index contributed by atoms with van der Waals surface area (Å²) in [6.45, 7) is 1.87. The Hall–Kier alpha value is -3.02. The molecule has 0 nitrogen and oxygen atoms in total. The first kappa shape index (κ1) is 20.3. The second-order valence-electron chi connectivity index (χ2n) is 7.31. The molecule has 0 atom stereocenters. The molecule has 0 bridgehead atoms. The summed E-state index contributed by atoms with van der Waals surface area (Å²) in [5.41, 5.74) is 0.218. The summed E-state index contributed by atoms with van der Waals surface area (Å²) in [5.74, 6) is -5.92. The minimum Gasteiger partial charge on any atom is -0.206 e. The molecule has 0 radical (unpaired) electrons. The lowest BCUT2D eigenvalue weighted by Crippen LogP contribution is -2.00. The first-order valence-corrected chi connectivity index (χ1v) is 9.44. The lowest BCUT2D eigenvalue weighted by atomic mass is 9.96. The summed E-state index contributed by atoms with van der Waals surface area (Å²) in [5, 5.41) is 0. The molecule has 30 heavy (non-hydrogen) atoms. The highest BCUT2D eigenvalue weighted by atomic mass is 19.2. The van der Waals surface area contributed by atoms with Crippen LogP contribution in [0.4, 0.5) is 26.3 Å². The highest BCUT2D eigenvalue weighted by Gasteiger charge is 2.24. The van der Waals surface area contributed by atoms with Crippen LogP contribution in [0.25, 0.3) is 22.8 Å². The van der Waals surface area contributed by atoms with Crippen molar-refractivity contribution in [2.24, 2.45) is 0 Å². The SMILES string of the molecule is CCCc1cc(F)c(-c2cc(F)c(C3=Cc4cc(F)c(F)cc4C3)c(F)c2)c(F)c1. The largest absolute Gasteiger partial charge is 0.206 e. The molecule has 0 heterocycles. The summed E-state index contributed by atoms with van der Waals surface area (Å²) in [6, 6.07) is 6.00. The van der Waals surface area contributed by atoms with Crippen LogP contribution in [-0.2, 0) is 12.8 Å². The molecule has 0 amide bonds. The first-order chi connectivity index (χ1) is 14.3. The van der Waals surface area contributed by atoms with Crippen LogP contribution in [0, 0.1) is 34.9 Å². The van der Waals surface area contributed by atoms with Crippen molar-refractivity contribution in [1.29, 1.82) is 0 Å². The maximum absolute atomic E-state index is 14.8. The highest BCUT2D eigenvalue weighted by molar-refractivity contribution is 5.89. The lowest BCUT2D eigenvalue weighted by Gasteiger charge is -2.12. The van der Waals surface area contributed by atoms with Crippen LogP contribution in [0.3, 0.4) is 0 Å². The van der Waals surface area contributed by atoms with E-state index in [0.29, 0.717) is 29.5 Å². The second-order valence-corrected chi connectivity index (χ2v) is 7.31. The van der Waals surface area contributed by atoms with Gasteiger partial charge in [0.2, 0.25) is 0 Å². The topological polar surface area (TPSA) is 0 Å². The number of hydrogen-bond donors (Lipinski definition) is 0. The van der Waals surface area contributed by atoms with Gasteiger partial charge in [0.05, 0.1) is 5.56 Å². The fraction of sp³-hybridized carbons (Fsp3) is 0.167. The molecule has 3 aromatic rings. The third-order valence-electron chi connectivity index (χ3n) is 5.19. The molecule has 0 spiro atoms. The molecule has 0 N–H and O–H groups in total. The maximum atomic E-state index is 14.8. The zero-order valence-corrected chi connectivity index (χ0v) is 15.9. The number of halogens is 6. The van der Waals surface area contributed by atoms with Gasteiger partial charge in [-0.2, -0.15) is 0 Å². The van der Waals surface area contributed by atoms with Gasteiger partial charge in [0, 0.05) is 5.56 Å². The average molecular weight is 418 g/mol. The predicted octanol–water partition coefficient (Wildman–Crippen LogP) is 7.24. The summed E-state index contributed by atoms with van der Waals surface area (Å²) < 4.78 is 85.5. The van der Waals surface area contributed by atoms with Gasteiger partial charge in [0.15, 0.2) is 11.6 Å². The quantitative estimate of drug-likeness (QED) is 0.392. The normalized spacial score (nSPS) is 12.8. The summed E-state index contributed by atoms with van der Waals surface area (Å²) in [7, 11) is 0. The molecule has 1 aliphatic carbocycles. The molecular formula is C24H16F6. The van der Waals surface area contributed by atoms with Crippen molar-refractivity contribution < 1.29 is 26.3 Å². The van der Waals surface area contributed by atoms with Crippen molar-refractivity contribution in [3.8, 4) is 11.1 Å². The van der Waals surface area contributed by atoms with E-state index in [-0.39, 0.29) is 23.1 Å². The van der Waals surface area contributed by atoms with E-state index in [4.69, 9.17) is 0 Å². The van der Waals surface area contributed by atoms with E-state index >= 15 is 0 Å². The number of rotatable bonds is 4. The number of hydrogen-bond acceptors (Lipinski definition) is 0. The smallest absolute Gasteiger partial charge is 0.159 e. The van der Waals surface area contributed by atoms with Crippen molar-refractivity contribution in [3.63, 3.8) is 0 Å². The molecule has 0 aromatic heterocycles. The molecule has 0 aliphatic heterocycles.